The van der Waals surface area contributed by atoms with Crippen LogP contribution >= 0.6 is 0 Å². The van der Waals surface area contributed by atoms with Crippen LogP contribution in [0.3, 0.4) is 0 Å². The van der Waals surface area contributed by atoms with E-state index in [2.05, 4.69) is 35.2 Å². The lowest BCUT2D eigenvalue weighted by molar-refractivity contribution is 0.474. The number of aromatic hydroxyl groups is 1. The van der Waals surface area contributed by atoms with E-state index in [0.29, 0.717) is 23.8 Å². The van der Waals surface area contributed by atoms with Crippen LogP contribution in [0.1, 0.15) is 36.6 Å². The molecule has 3 aromatic rings. The summed E-state index contributed by atoms with van der Waals surface area (Å²) in [6.45, 7) is 6.42. The molecule has 0 aliphatic carbocycles. The maximum absolute atomic E-state index is 12.2. The Morgan fingerprint density at radius 2 is 2.00 bits per heavy atom. The summed E-state index contributed by atoms with van der Waals surface area (Å²) in [7, 11) is 0. The summed E-state index contributed by atoms with van der Waals surface area (Å²) in [6, 6.07) is 11.3. The highest BCUT2D eigenvalue weighted by atomic mass is 16.3. The van der Waals surface area contributed by atoms with Crippen molar-refractivity contribution in [3.05, 3.63) is 63.6 Å². The molecule has 24 heavy (non-hydrogen) atoms. The summed E-state index contributed by atoms with van der Waals surface area (Å²) in [6.07, 6.45) is 0. The minimum Gasteiger partial charge on any atom is -0.504 e. The molecular formula is C19H21N3O2. The number of anilines is 1. The van der Waals surface area contributed by atoms with Gasteiger partial charge in [0.05, 0.1) is 0 Å². The lowest BCUT2D eigenvalue weighted by Crippen LogP contribution is -2.16. The first-order valence-electron chi connectivity index (χ1n) is 8.00. The molecule has 0 spiro atoms. The number of hydrogen-bond acceptors (Lipinski definition) is 4. The van der Waals surface area contributed by atoms with Crippen molar-refractivity contribution >= 4 is 16.7 Å². The summed E-state index contributed by atoms with van der Waals surface area (Å²) in [5.74, 6) is 0.877. The zero-order valence-corrected chi connectivity index (χ0v) is 14.1. The molecule has 0 bridgehead atoms. The van der Waals surface area contributed by atoms with Crippen LogP contribution < -0.4 is 10.9 Å². The summed E-state index contributed by atoms with van der Waals surface area (Å²) in [5, 5.41) is 13.9. The Bertz CT molecular complexity index is 945. The molecule has 0 saturated heterocycles. The summed E-state index contributed by atoms with van der Waals surface area (Å²) < 4.78 is 0. The first kappa shape index (κ1) is 16.1. The molecule has 5 heteroatoms. The molecule has 0 aliphatic rings. The van der Waals surface area contributed by atoms with Crippen LogP contribution in [0.4, 0.5) is 5.82 Å². The number of aromatic amines is 1. The van der Waals surface area contributed by atoms with Crippen molar-refractivity contribution in [3.8, 4) is 5.75 Å². The van der Waals surface area contributed by atoms with Crippen molar-refractivity contribution < 1.29 is 5.11 Å². The summed E-state index contributed by atoms with van der Waals surface area (Å²) >= 11 is 0. The van der Waals surface area contributed by atoms with Crippen LogP contribution in [0.15, 0.2) is 41.2 Å². The van der Waals surface area contributed by atoms with Crippen LogP contribution in [0.2, 0.25) is 0 Å². The Kier molecular flexibility index (Phi) is 4.25. The lowest BCUT2D eigenvalue weighted by Gasteiger charge is -2.10. The monoisotopic (exact) mass is 323 g/mol. The molecule has 2 aromatic heterocycles. The second-order valence-electron chi connectivity index (χ2n) is 6.30. The van der Waals surface area contributed by atoms with E-state index in [1.165, 1.54) is 5.56 Å². The molecule has 0 saturated carbocycles. The van der Waals surface area contributed by atoms with E-state index in [1.807, 2.05) is 25.1 Å². The van der Waals surface area contributed by atoms with Crippen molar-refractivity contribution in [2.45, 2.75) is 33.2 Å². The van der Waals surface area contributed by atoms with Crippen LogP contribution in [0, 0.1) is 6.92 Å². The van der Waals surface area contributed by atoms with Gasteiger partial charge in [-0.05, 0) is 54.1 Å². The Morgan fingerprint density at radius 3 is 2.75 bits per heavy atom. The van der Waals surface area contributed by atoms with E-state index < -0.39 is 0 Å². The lowest BCUT2D eigenvalue weighted by atomic mass is 10.0. The predicted molar refractivity (Wildman–Crippen MR) is 96.6 cm³/mol. The molecule has 0 fully saturated rings. The predicted octanol–water partition coefficient (Wildman–Crippen LogP) is 3.67. The van der Waals surface area contributed by atoms with E-state index in [4.69, 9.17) is 0 Å². The molecule has 2 heterocycles. The number of aromatic nitrogens is 2. The van der Waals surface area contributed by atoms with Crippen molar-refractivity contribution in [2.24, 2.45) is 0 Å². The average molecular weight is 323 g/mol. The van der Waals surface area contributed by atoms with Gasteiger partial charge >= 0.3 is 0 Å². The maximum Gasteiger partial charge on any atom is 0.253 e. The number of aryl methyl sites for hydroxylation is 1. The van der Waals surface area contributed by atoms with Gasteiger partial charge in [0.15, 0.2) is 11.6 Å². The fraction of sp³-hybridized carbons (Fsp3) is 0.263. The number of rotatable bonds is 4. The van der Waals surface area contributed by atoms with Gasteiger partial charge in [0.2, 0.25) is 0 Å². The SMILES string of the molecule is Cc1ccc(O)c(NCc2cc3cc(C(C)C)ccc3[nH]c2=O)n1. The third-order valence-corrected chi connectivity index (χ3v) is 4.07. The molecule has 124 valence electrons. The molecule has 0 aliphatic heterocycles. The number of pyridine rings is 2. The van der Waals surface area contributed by atoms with Gasteiger partial charge in [-0.15, -0.1) is 0 Å². The minimum absolute atomic E-state index is 0.0694. The minimum atomic E-state index is -0.139. The first-order valence-corrected chi connectivity index (χ1v) is 8.00. The van der Waals surface area contributed by atoms with Gasteiger partial charge in [-0.3, -0.25) is 4.79 Å². The van der Waals surface area contributed by atoms with E-state index in [0.717, 1.165) is 16.6 Å². The van der Waals surface area contributed by atoms with Gasteiger partial charge in [0.25, 0.3) is 5.56 Å². The third kappa shape index (κ3) is 3.25. The number of fused-ring (bicyclic) bond motifs is 1. The van der Waals surface area contributed by atoms with Crippen LogP contribution in [0.25, 0.3) is 10.9 Å². The smallest absolute Gasteiger partial charge is 0.253 e. The summed E-state index contributed by atoms with van der Waals surface area (Å²) in [4.78, 5) is 19.4. The van der Waals surface area contributed by atoms with Crippen molar-refractivity contribution in [3.63, 3.8) is 0 Å². The topological polar surface area (TPSA) is 78.0 Å². The Hall–Kier alpha value is -2.82. The van der Waals surface area contributed by atoms with Gasteiger partial charge in [-0.1, -0.05) is 19.9 Å². The van der Waals surface area contributed by atoms with Crippen molar-refractivity contribution in [1.29, 1.82) is 0 Å². The van der Waals surface area contributed by atoms with Gasteiger partial charge in [0.1, 0.15) is 0 Å². The number of nitrogens with one attached hydrogen (secondary N) is 2. The Labute approximate surface area is 140 Å². The molecule has 0 atom stereocenters. The average Bonchev–Trinajstić information content (AvgIpc) is 2.55. The highest BCUT2D eigenvalue weighted by Gasteiger charge is 2.08. The van der Waals surface area contributed by atoms with E-state index >= 15 is 0 Å². The fourth-order valence-electron chi connectivity index (χ4n) is 2.62. The van der Waals surface area contributed by atoms with Crippen molar-refractivity contribution in [2.75, 3.05) is 5.32 Å². The molecule has 3 rings (SSSR count). The molecule has 0 unspecified atom stereocenters. The van der Waals surface area contributed by atoms with E-state index in [9.17, 15) is 9.90 Å². The van der Waals surface area contributed by atoms with Crippen LogP contribution in [0.5, 0.6) is 5.75 Å². The van der Waals surface area contributed by atoms with Gasteiger partial charge in [-0.25, -0.2) is 4.98 Å². The molecule has 0 radical (unpaired) electrons. The standard InChI is InChI=1S/C19H21N3O2/c1-11(2)13-5-6-16-14(8-13)9-15(19(24)22-16)10-20-18-17(23)7-4-12(3)21-18/h4-9,11,23H,10H2,1-3H3,(H,20,21)(H,22,24). The molecule has 0 amide bonds. The molecule has 1 aromatic carbocycles. The zero-order valence-electron chi connectivity index (χ0n) is 14.1. The van der Waals surface area contributed by atoms with Crippen LogP contribution in [-0.4, -0.2) is 15.1 Å². The fourth-order valence-corrected chi connectivity index (χ4v) is 2.62. The van der Waals surface area contributed by atoms with Gasteiger partial charge in [-0.2, -0.15) is 0 Å². The second-order valence-corrected chi connectivity index (χ2v) is 6.30. The largest absolute Gasteiger partial charge is 0.504 e. The van der Waals surface area contributed by atoms with Gasteiger partial charge < -0.3 is 15.4 Å². The Morgan fingerprint density at radius 1 is 1.21 bits per heavy atom. The van der Waals surface area contributed by atoms with E-state index in [-0.39, 0.29) is 11.3 Å². The normalized spacial score (nSPS) is 11.2. The van der Waals surface area contributed by atoms with Crippen LogP contribution in [-0.2, 0) is 6.54 Å². The third-order valence-electron chi connectivity index (χ3n) is 4.07. The number of H-pyrrole nitrogens is 1. The zero-order chi connectivity index (χ0) is 17.3. The number of benzene rings is 1. The number of nitrogens with zero attached hydrogens (tertiary/aromatic N) is 1. The number of hydrogen-bond donors (Lipinski definition) is 3. The molecule has 3 N–H and O–H groups in total. The maximum atomic E-state index is 12.2. The highest BCUT2D eigenvalue weighted by Crippen LogP contribution is 2.22. The quantitative estimate of drug-likeness (QED) is 0.684. The second kappa shape index (κ2) is 6.35. The molecule has 5 nitrogen and oxygen atoms in total. The van der Waals surface area contributed by atoms with E-state index in [1.54, 1.807) is 12.1 Å². The summed E-state index contributed by atoms with van der Waals surface area (Å²) in [5.41, 5.74) is 3.31. The Balaban J connectivity index is 1.92. The van der Waals surface area contributed by atoms with Gasteiger partial charge in [0, 0.05) is 23.3 Å². The first-order chi connectivity index (χ1) is 11.4. The molecular weight excluding hydrogens is 302 g/mol. The van der Waals surface area contributed by atoms with Crippen molar-refractivity contribution in [1.82, 2.24) is 9.97 Å². The highest BCUT2D eigenvalue weighted by molar-refractivity contribution is 5.80.